The largest absolute Gasteiger partial charge is 0.494 e. The van der Waals surface area contributed by atoms with Gasteiger partial charge in [0.2, 0.25) is 0 Å². The van der Waals surface area contributed by atoms with Gasteiger partial charge in [-0.05, 0) is 31.5 Å². The Morgan fingerprint density at radius 3 is 2.70 bits per heavy atom. The van der Waals surface area contributed by atoms with Crippen molar-refractivity contribution < 1.29 is 9.13 Å². The molecule has 0 fully saturated rings. The quantitative estimate of drug-likeness (QED) is 0.845. The molecule has 108 valence electrons. The SMILES string of the molecule is CCOc1ccc(CNc2cnn(CCF)c2C)cc1. The lowest BCUT2D eigenvalue weighted by Gasteiger charge is -2.08. The summed E-state index contributed by atoms with van der Waals surface area (Å²) in [4.78, 5) is 0. The normalized spacial score (nSPS) is 10.6. The monoisotopic (exact) mass is 277 g/mol. The minimum absolute atomic E-state index is 0.302. The van der Waals surface area contributed by atoms with E-state index in [2.05, 4.69) is 10.4 Å². The number of hydrogen-bond donors (Lipinski definition) is 1. The summed E-state index contributed by atoms with van der Waals surface area (Å²) in [6.45, 7) is 5.17. The van der Waals surface area contributed by atoms with E-state index >= 15 is 0 Å². The second-order valence-corrected chi connectivity index (χ2v) is 4.49. The Hall–Kier alpha value is -2.04. The number of aromatic nitrogens is 2. The first-order chi connectivity index (χ1) is 9.74. The third kappa shape index (κ3) is 3.50. The predicted molar refractivity (Wildman–Crippen MR) is 77.9 cm³/mol. The zero-order valence-corrected chi connectivity index (χ0v) is 11.9. The fourth-order valence-electron chi connectivity index (χ4n) is 1.99. The molecule has 0 bridgehead atoms. The molecule has 20 heavy (non-hydrogen) atoms. The molecule has 0 atom stereocenters. The number of aryl methyl sites for hydroxylation is 1. The predicted octanol–water partition coefficient (Wildman–Crippen LogP) is 3.17. The maximum Gasteiger partial charge on any atom is 0.119 e. The Morgan fingerprint density at radius 1 is 1.30 bits per heavy atom. The smallest absolute Gasteiger partial charge is 0.119 e. The third-order valence-electron chi connectivity index (χ3n) is 3.12. The molecular formula is C15H20FN3O. The molecule has 2 rings (SSSR count). The van der Waals surface area contributed by atoms with E-state index in [0.29, 0.717) is 19.7 Å². The van der Waals surface area contributed by atoms with Crippen LogP contribution in [0.4, 0.5) is 10.1 Å². The van der Waals surface area contributed by atoms with Crippen LogP contribution < -0.4 is 10.1 Å². The van der Waals surface area contributed by atoms with Crippen molar-refractivity contribution in [3.63, 3.8) is 0 Å². The molecule has 0 unspecified atom stereocenters. The van der Waals surface area contributed by atoms with Crippen LogP contribution in [-0.4, -0.2) is 23.1 Å². The third-order valence-corrected chi connectivity index (χ3v) is 3.12. The molecule has 0 spiro atoms. The lowest BCUT2D eigenvalue weighted by molar-refractivity contribution is 0.340. The van der Waals surface area contributed by atoms with E-state index in [1.807, 2.05) is 38.1 Å². The number of hydrogen-bond acceptors (Lipinski definition) is 3. The number of ether oxygens (including phenoxy) is 1. The van der Waals surface area contributed by atoms with Gasteiger partial charge < -0.3 is 10.1 Å². The molecule has 0 saturated heterocycles. The van der Waals surface area contributed by atoms with E-state index in [1.165, 1.54) is 0 Å². The summed E-state index contributed by atoms with van der Waals surface area (Å²) >= 11 is 0. The fraction of sp³-hybridized carbons (Fsp3) is 0.400. The van der Waals surface area contributed by atoms with Crippen molar-refractivity contribution in [1.82, 2.24) is 9.78 Å². The van der Waals surface area contributed by atoms with Gasteiger partial charge in [-0.15, -0.1) is 0 Å². The van der Waals surface area contributed by atoms with E-state index in [-0.39, 0.29) is 0 Å². The van der Waals surface area contributed by atoms with Crippen LogP contribution in [0.25, 0.3) is 0 Å². The van der Waals surface area contributed by atoms with Gasteiger partial charge in [0.05, 0.1) is 30.7 Å². The number of rotatable bonds is 7. The average Bonchev–Trinajstić information content (AvgIpc) is 2.80. The zero-order valence-electron chi connectivity index (χ0n) is 11.9. The molecule has 2 aromatic rings. The van der Waals surface area contributed by atoms with Crippen LogP contribution in [0.1, 0.15) is 18.2 Å². The summed E-state index contributed by atoms with van der Waals surface area (Å²) in [6.07, 6.45) is 1.74. The van der Waals surface area contributed by atoms with Gasteiger partial charge in [0, 0.05) is 6.54 Å². The van der Waals surface area contributed by atoms with Crippen LogP contribution in [0.3, 0.4) is 0 Å². The van der Waals surface area contributed by atoms with Gasteiger partial charge >= 0.3 is 0 Å². The van der Waals surface area contributed by atoms with E-state index in [1.54, 1.807) is 10.9 Å². The molecule has 1 N–H and O–H groups in total. The molecule has 1 aromatic heterocycles. The lowest BCUT2D eigenvalue weighted by atomic mass is 10.2. The van der Waals surface area contributed by atoms with Crippen LogP contribution >= 0.6 is 0 Å². The van der Waals surface area contributed by atoms with Gasteiger partial charge in [0.25, 0.3) is 0 Å². The van der Waals surface area contributed by atoms with Gasteiger partial charge in [-0.1, -0.05) is 12.1 Å². The molecule has 0 saturated carbocycles. The highest BCUT2D eigenvalue weighted by Gasteiger charge is 2.05. The topological polar surface area (TPSA) is 39.1 Å². The first-order valence-electron chi connectivity index (χ1n) is 6.78. The number of benzene rings is 1. The summed E-state index contributed by atoms with van der Waals surface area (Å²) in [6, 6.07) is 7.97. The fourth-order valence-corrected chi connectivity index (χ4v) is 1.99. The number of anilines is 1. The Labute approximate surface area is 118 Å². The highest BCUT2D eigenvalue weighted by atomic mass is 19.1. The molecule has 1 aromatic carbocycles. The van der Waals surface area contributed by atoms with Crippen molar-refractivity contribution in [2.24, 2.45) is 0 Å². The van der Waals surface area contributed by atoms with Crippen LogP contribution in [0.5, 0.6) is 5.75 Å². The maximum atomic E-state index is 12.3. The van der Waals surface area contributed by atoms with Gasteiger partial charge in [-0.3, -0.25) is 4.68 Å². The molecular weight excluding hydrogens is 257 g/mol. The lowest BCUT2D eigenvalue weighted by Crippen LogP contribution is -2.05. The summed E-state index contributed by atoms with van der Waals surface area (Å²) < 4.78 is 19.4. The molecule has 4 nitrogen and oxygen atoms in total. The molecule has 0 aliphatic heterocycles. The van der Waals surface area contributed by atoms with Crippen molar-refractivity contribution in [3.05, 3.63) is 41.7 Å². The maximum absolute atomic E-state index is 12.3. The minimum Gasteiger partial charge on any atom is -0.494 e. The number of alkyl halides is 1. The van der Waals surface area contributed by atoms with Gasteiger partial charge in [0.15, 0.2) is 0 Å². The highest BCUT2D eigenvalue weighted by Crippen LogP contribution is 2.16. The van der Waals surface area contributed by atoms with Crippen molar-refractivity contribution in [2.45, 2.75) is 26.9 Å². The molecule has 1 heterocycles. The molecule has 0 aliphatic rings. The van der Waals surface area contributed by atoms with E-state index in [9.17, 15) is 4.39 Å². The first-order valence-corrected chi connectivity index (χ1v) is 6.78. The van der Waals surface area contributed by atoms with Gasteiger partial charge in [-0.25, -0.2) is 4.39 Å². The summed E-state index contributed by atoms with van der Waals surface area (Å²) in [5.41, 5.74) is 3.05. The Kier molecular flexibility index (Phi) is 4.98. The Balaban J connectivity index is 1.94. The highest BCUT2D eigenvalue weighted by molar-refractivity contribution is 5.46. The van der Waals surface area contributed by atoms with Crippen LogP contribution in [0.15, 0.2) is 30.5 Å². The van der Waals surface area contributed by atoms with Crippen molar-refractivity contribution in [2.75, 3.05) is 18.6 Å². The van der Waals surface area contributed by atoms with E-state index in [0.717, 1.165) is 22.7 Å². The zero-order chi connectivity index (χ0) is 14.4. The minimum atomic E-state index is -0.402. The van der Waals surface area contributed by atoms with Crippen molar-refractivity contribution in [1.29, 1.82) is 0 Å². The number of nitrogens with one attached hydrogen (secondary N) is 1. The van der Waals surface area contributed by atoms with Gasteiger partial charge in [0.1, 0.15) is 12.4 Å². The molecule has 0 radical (unpaired) electrons. The Bertz CT molecular complexity index is 537. The van der Waals surface area contributed by atoms with Crippen LogP contribution in [0, 0.1) is 6.92 Å². The molecule has 5 heteroatoms. The number of nitrogens with zero attached hydrogens (tertiary/aromatic N) is 2. The molecule has 0 amide bonds. The summed E-state index contributed by atoms with van der Waals surface area (Å²) in [5, 5.41) is 7.46. The van der Waals surface area contributed by atoms with Gasteiger partial charge in [-0.2, -0.15) is 5.10 Å². The van der Waals surface area contributed by atoms with Crippen molar-refractivity contribution in [3.8, 4) is 5.75 Å². The van der Waals surface area contributed by atoms with Crippen molar-refractivity contribution >= 4 is 5.69 Å². The second kappa shape index (κ2) is 6.93. The van der Waals surface area contributed by atoms with E-state index in [4.69, 9.17) is 4.74 Å². The summed E-state index contributed by atoms with van der Waals surface area (Å²) in [7, 11) is 0. The first kappa shape index (κ1) is 14.4. The Morgan fingerprint density at radius 2 is 2.05 bits per heavy atom. The number of halogens is 1. The van der Waals surface area contributed by atoms with Crippen LogP contribution in [-0.2, 0) is 13.1 Å². The van der Waals surface area contributed by atoms with E-state index < -0.39 is 6.67 Å². The second-order valence-electron chi connectivity index (χ2n) is 4.49. The average molecular weight is 277 g/mol. The molecule has 0 aliphatic carbocycles. The van der Waals surface area contributed by atoms with Crippen LogP contribution in [0.2, 0.25) is 0 Å². The standard InChI is InChI=1S/C15H20FN3O/c1-3-20-14-6-4-13(5-7-14)10-17-15-11-18-19(9-8-16)12(15)2/h4-7,11,17H,3,8-10H2,1-2H3. The summed E-state index contributed by atoms with van der Waals surface area (Å²) in [5.74, 6) is 0.878.